The number of hydrogen-bond donors (Lipinski definition) is 0. The van der Waals surface area contributed by atoms with Crippen LogP contribution in [0, 0.1) is 11.7 Å². The molecule has 24 heavy (non-hydrogen) atoms. The van der Waals surface area contributed by atoms with Crippen LogP contribution in [0.1, 0.15) is 16.8 Å². The molecule has 1 saturated heterocycles. The van der Waals surface area contributed by atoms with Gasteiger partial charge in [0.05, 0.1) is 5.56 Å². The lowest BCUT2D eigenvalue weighted by Gasteiger charge is -2.23. The Kier molecular flexibility index (Phi) is 5.05. The monoisotopic (exact) mass is 346 g/mol. The summed E-state index contributed by atoms with van der Waals surface area (Å²) in [5.41, 5.74) is 1.23. The molecule has 2 aromatic carbocycles. The van der Waals surface area contributed by atoms with Gasteiger partial charge in [-0.2, -0.15) is 0 Å². The van der Waals surface area contributed by atoms with Gasteiger partial charge in [-0.1, -0.05) is 29.8 Å². The molecule has 0 saturated carbocycles. The van der Waals surface area contributed by atoms with Gasteiger partial charge < -0.3 is 9.80 Å². The third kappa shape index (κ3) is 3.70. The minimum absolute atomic E-state index is 0.0305. The second-order valence-electron chi connectivity index (χ2n) is 6.25. The summed E-state index contributed by atoms with van der Waals surface area (Å²) in [5.74, 6) is -0.483. The zero-order valence-electron chi connectivity index (χ0n) is 13.6. The fraction of sp³-hybridized carbons (Fsp3) is 0.316. The molecule has 2 aromatic rings. The van der Waals surface area contributed by atoms with Crippen LogP contribution in [-0.2, 0) is 0 Å². The van der Waals surface area contributed by atoms with E-state index in [2.05, 4.69) is 17.0 Å². The second-order valence-corrected chi connectivity index (χ2v) is 6.68. The summed E-state index contributed by atoms with van der Waals surface area (Å²) in [7, 11) is 1.72. The Morgan fingerprint density at radius 2 is 2.04 bits per heavy atom. The van der Waals surface area contributed by atoms with Gasteiger partial charge >= 0.3 is 0 Å². The maximum atomic E-state index is 13.9. The molecule has 0 aromatic heterocycles. The SMILES string of the molecule is CN(CC1CCN(c2ccccc2)C1)C(=O)c1cc(Cl)ccc1F. The van der Waals surface area contributed by atoms with E-state index >= 15 is 0 Å². The van der Waals surface area contributed by atoms with Crippen molar-refractivity contribution in [2.75, 3.05) is 31.6 Å². The van der Waals surface area contributed by atoms with Gasteiger partial charge in [-0.25, -0.2) is 4.39 Å². The standard InChI is InChI=1S/C19H20ClFN2O/c1-22(19(24)17-11-15(20)7-8-18(17)21)12-14-9-10-23(13-14)16-5-3-2-4-6-16/h2-8,11,14H,9-10,12-13H2,1H3. The van der Waals surface area contributed by atoms with Crippen molar-refractivity contribution in [2.24, 2.45) is 5.92 Å². The molecule has 1 unspecified atom stereocenters. The highest BCUT2D eigenvalue weighted by Crippen LogP contribution is 2.24. The van der Waals surface area contributed by atoms with E-state index in [1.165, 1.54) is 23.9 Å². The van der Waals surface area contributed by atoms with E-state index in [9.17, 15) is 9.18 Å². The van der Waals surface area contributed by atoms with Crippen LogP contribution in [0.15, 0.2) is 48.5 Å². The summed E-state index contributed by atoms with van der Waals surface area (Å²) in [6.45, 7) is 2.48. The molecule has 0 bridgehead atoms. The fourth-order valence-corrected chi connectivity index (χ4v) is 3.36. The molecule has 1 aliphatic rings. The third-order valence-electron chi connectivity index (χ3n) is 4.44. The molecule has 0 radical (unpaired) electrons. The number of para-hydroxylation sites is 1. The molecule has 0 spiro atoms. The normalized spacial score (nSPS) is 17.1. The Morgan fingerprint density at radius 3 is 2.79 bits per heavy atom. The van der Waals surface area contributed by atoms with Crippen LogP contribution >= 0.6 is 11.6 Å². The highest BCUT2D eigenvalue weighted by atomic mass is 35.5. The maximum Gasteiger partial charge on any atom is 0.256 e. The smallest absolute Gasteiger partial charge is 0.256 e. The molecule has 0 aliphatic carbocycles. The molecular formula is C19H20ClFN2O. The van der Waals surface area contributed by atoms with E-state index in [1.807, 2.05) is 18.2 Å². The molecular weight excluding hydrogens is 327 g/mol. The average Bonchev–Trinajstić information content (AvgIpc) is 3.05. The summed E-state index contributed by atoms with van der Waals surface area (Å²) in [4.78, 5) is 16.4. The Balaban J connectivity index is 1.62. The van der Waals surface area contributed by atoms with Crippen LogP contribution < -0.4 is 4.90 Å². The predicted octanol–water partition coefficient (Wildman–Crippen LogP) is 4.08. The van der Waals surface area contributed by atoms with Crippen molar-refractivity contribution in [1.82, 2.24) is 4.90 Å². The Hall–Kier alpha value is -2.07. The van der Waals surface area contributed by atoms with E-state index in [0.717, 1.165) is 19.5 Å². The van der Waals surface area contributed by atoms with E-state index in [0.29, 0.717) is 17.5 Å². The van der Waals surface area contributed by atoms with Crippen molar-refractivity contribution in [3.63, 3.8) is 0 Å². The second kappa shape index (κ2) is 7.22. The molecule has 1 aliphatic heterocycles. The van der Waals surface area contributed by atoms with E-state index < -0.39 is 5.82 Å². The lowest BCUT2D eigenvalue weighted by Crippen LogP contribution is -2.33. The average molecular weight is 347 g/mol. The number of anilines is 1. The van der Waals surface area contributed by atoms with Crippen LogP contribution in [0.4, 0.5) is 10.1 Å². The molecule has 1 heterocycles. The summed E-state index contributed by atoms with van der Waals surface area (Å²) >= 11 is 5.88. The van der Waals surface area contributed by atoms with Gasteiger partial charge in [0.25, 0.3) is 5.91 Å². The molecule has 0 N–H and O–H groups in total. The fourth-order valence-electron chi connectivity index (χ4n) is 3.19. The maximum absolute atomic E-state index is 13.9. The first-order valence-electron chi connectivity index (χ1n) is 8.05. The van der Waals surface area contributed by atoms with Crippen LogP contribution in [0.5, 0.6) is 0 Å². The van der Waals surface area contributed by atoms with Gasteiger partial charge in [0.2, 0.25) is 0 Å². The van der Waals surface area contributed by atoms with Crippen molar-refractivity contribution in [1.29, 1.82) is 0 Å². The van der Waals surface area contributed by atoms with Gasteiger partial charge in [0, 0.05) is 37.4 Å². The first-order valence-corrected chi connectivity index (χ1v) is 8.43. The summed E-state index contributed by atoms with van der Waals surface area (Å²) in [5, 5.41) is 0.365. The molecule has 1 amide bonds. The van der Waals surface area contributed by atoms with E-state index in [-0.39, 0.29) is 11.5 Å². The summed E-state index contributed by atoms with van der Waals surface area (Å²) in [6, 6.07) is 14.3. The van der Waals surface area contributed by atoms with Gasteiger partial charge in [-0.05, 0) is 42.7 Å². The largest absolute Gasteiger partial charge is 0.371 e. The van der Waals surface area contributed by atoms with Crippen molar-refractivity contribution in [2.45, 2.75) is 6.42 Å². The van der Waals surface area contributed by atoms with Gasteiger partial charge in [0.1, 0.15) is 5.82 Å². The number of hydrogen-bond acceptors (Lipinski definition) is 2. The van der Waals surface area contributed by atoms with Crippen molar-refractivity contribution in [3.8, 4) is 0 Å². The minimum Gasteiger partial charge on any atom is -0.371 e. The summed E-state index contributed by atoms with van der Waals surface area (Å²) < 4.78 is 13.9. The van der Waals surface area contributed by atoms with Crippen LogP contribution in [-0.4, -0.2) is 37.5 Å². The number of benzene rings is 2. The first kappa shape index (κ1) is 16.8. The van der Waals surface area contributed by atoms with Crippen molar-refractivity contribution in [3.05, 3.63) is 64.9 Å². The zero-order chi connectivity index (χ0) is 17.1. The number of carbonyl (C=O) groups is 1. The van der Waals surface area contributed by atoms with E-state index in [4.69, 9.17) is 11.6 Å². The Bertz CT molecular complexity index is 723. The number of nitrogens with zero attached hydrogens (tertiary/aromatic N) is 2. The van der Waals surface area contributed by atoms with Crippen LogP contribution in [0.2, 0.25) is 5.02 Å². The molecule has 1 atom stereocenters. The number of rotatable bonds is 4. The highest BCUT2D eigenvalue weighted by Gasteiger charge is 2.26. The van der Waals surface area contributed by atoms with E-state index in [1.54, 1.807) is 11.9 Å². The number of amides is 1. The number of halogens is 2. The van der Waals surface area contributed by atoms with Gasteiger partial charge in [-0.15, -0.1) is 0 Å². The number of carbonyl (C=O) groups excluding carboxylic acids is 1. The quantitative estimate of drug-likeness (QED) is 0.833. The lowest BCUT2D eigenvalue weighted by atomic mass is 10.1. The molecule has 1 fully saturated rings. The Labute approximate surface area is 146 Å². The van der Waals surface area contributed by atoms with Gasteiger partial charge in [-0.3, -0.25) is 4.79 Å². The zero-order valence-corrected chi connectivity index (χ0v) is 14.3. The lowest BCUT2D eigenvalue weighted by molar-refractivity contribution is 0.0771. The molecule has 126 valence electrons. The van der Waals surface area contributed by atoms with Crippen molar-refractivity contribution >= 4 is 23.2 Å². The topological polar surface area (TPSA) is 23.6 Å². The minimum atomic E-state index is -0.534. The van der Waals surface area contributed by atoms with Crippen molar-refractivity contribution < 1.29 is 9.18 Å². The molecule has 5 heteroatoms. The summed E-state index contributed by atoms with van der Waals surface area (Å²) in [6.07, 6.45) is 1.02. The van der Waals surface area contributed by atoms with Crippen LogP contribution in [0.25, 0.3) is 0 Å². The predicted molar refractivity (Wildman–Crippen MR) is 95.1 cm³/mol. The third-order valence-corrected chi connectivity index (χ3v) is 4.68. The molecule has 3 nitrogen and oxygen atoms in total. The van der Waals surface area contributed by atoms with Gasteiger partial charge in [0.15, 0.2) is 0 Å². The Morgan fingerprint density at radius 1 is 1.29 bits per heavy atom. The highest BCUT2D eigenvalue weighted by molar-refractivity contribution is 6.31. The first-order chi connectivity index (χ1) is 11.5. The van der Waals surface area contributed by atoms with Crippen LogP contribution in [0.3, 0.4) is 0 Å². The molecule has 3 rings (SSSR count).